The van der Waals surface area contributed by atoms with E-state index in [0.717, 1.165) is 6.54 Å². The normalized spacial score (nSPS) is 17.8. The van der Waals surface area contributed by atoms with Gasteiger partial charge < -0.3 is 10.1 Å². The Hall–Kier alpha value is -0.960. The van der Waals surface area contributed by atoms with Crippen molar-refractivity contribution in [2.24, 2.45) is 0 Å². The zero-order valence-corrected chi connectivity index (χ0v) is 12.8. The van der Waals surface area contributed by atoms with E-state index in [0.29, 0.717) is 38.9 Å². The Morgan fingerprint density at radius 3 is 2.75 bits per heavy atom. The molecule has 1 aromatic heterocycles. The van der Waals surface area contributed by atoms with Crippen molar-refractivity contribution in [2.75, 3.05) is 32.8 Å². The quantitative estimate of drug-likeness (QED) is 0.794. The van der Waals surface area contributed by atoms with Gasteiger partial charge in [-0.1, -0.05) is 13.8 Å². The highest BCUT2D eigenvalue weighted by atomic mass is 32.2. The van der Waals surface area contributed by atoms with Crippen molar-refractivity contribution in [2.45, 2.75) is 31.3 Å². The smallest absolute Gasteiger partial charge is 0.246 e. The third kappa shape index (κ3) is 3.78. The number of nitrogens with one attached hydrogen (secondary N) is 1. The molecule has 1 aliphatic heterocycles. The third-order valence-corrected chi connectivity index (χ3v) is 4.96. The molecule has 2 rings (SSSR count). The molecule has 0 bridgehead atoms. The van der Waals surface area contributed by atoms with E-state index < -0.39 is 10.0 Å². The summed E-state index contributed by atoms with van der Waals surface area (Å²) >= 11 is 0. The SMILES string of the molecule is CC(C)NCCn1cc(S(=O)(=O)N2CCOCC2)cn1. The lowest BCUT2D eigenvalue weighted by Gasteiger charge is -2.25. The number of hydrogen-bond donors (Lipinski definition) is 1. The van der Waals surface area contributed by atoms with Gasteiger partial charge in [0.15, 0.2) is 0 Å². The van der Waals surface area contributed by atoms with Crippen LogP contribution in [0.15, 0.2) is 17.3 Å². The van der Waals surface area contributed by atoms with Gasteiger partial charge in [0.05, 0.1) is 26.0 Å². The number of morpholine rings is 1. The second kappa shape index (κ2) is 6.66. The first-order valence-corrected chi connectivity index (χ1v) is 8.28. The van der Waals surface area contributed by atoms with Crippen molar-refractivity contribution in [3.05, 3.63) is 12.4 Å². The topological polar surface area (TPSA) is 76.5 Å². The number of rotatable bonds is 6. The van der Waals surface area contributed by atoms with Crippen LogP contribution in [0.5, 0.6) is 0 Å². The van der Waals surface area contributed by atoms with Crippen LogP contribution in [0.25, 0.3) is 0 Å². The van der Waals surface area contributed by atoms with Crippen molar-refractivity contribution in [3.63, 3.8) is 0 Å². The molecule has 1 aromatic rings. The van der Waals surface area contributed by atoms with Crippen LogP contribution in [0.2, 0.25) is 0 Å². The highest BCUT2D eigenvalue weighted by Gasteiger charge is 2.27. The number of aromatic nitrogens is 2. The molecule has 0 unspecified atom stereocenters. The molecular weight excluding hydrogens is 280 g/mol. The van der Waals surface area contributed by atoms with E-state index in [1.165, 1.54) is 10.5 Å². The molecular formula is C12H22N4O3S. The van der Waals surface area contributed by atoms with Crippen LogP contribution >= 0.6 is 0 Å². The first-order chi connectivity index (χ1) is 9.50. The highest BCUT2D eigenvalue weighted by Crippen LogP contribution is 2.15. The van der Waals surface area contributed by atoms with E-state index in [4.69, 9.17) is 4.74 Å². The standard InChI is InChI=1S/C12H22N4O3S/c1-11(2)13-3-4-15-10-12(9-14-15)20(17,18)16-5-7-19-8-6-16/h9-11,13H,3-8H2,1-2H3. The summed E-state index contributed by atoms with van der Waals surface area (Å²) in [7, 11) is -3.43. The van der Waals surface area contributed by atoms with Crippen LogP contribution < -0.4 is 5.32 Å². The van der Waals surface area contributed by atoms with E-state index in [2.05, 4.69) is 24.3 Å². The molecule has 1 aliphatic rings. The number of sulfonamides is 1. The first-order valence-electron chi connectivity index (χ1n) is 6.84. The maximum Gasteiger partial charge on any atom is 0.246 e. The van der Waals surface area contributed by atoms with E-state index in [1.54, 1.807) is 10.9 Å². The van der Waals surface area contributed by atoms with E-state index in [9.17, 15) is 8.42 Å². The molecule has 1 saturated heterocycles. The van der Waals surface area contributed by atoms with Gasteiger partial charge in [0, 0.05) is 31.9 Å². The van der Waals surface area contributed by atoms with Crippen molar-refractivity contribution in [1.82, 2.24) is 19.4 Å². The Labute approximate surface area is 120 Å². The van der Waals surface area contributed by atoms with Gasteiger partial charge in [0.1, 0.15) is 4.90 Å². The molecule has 0 saturated carbocycles. The predicted octanol–water partition coefficient (Wildman–Crippen LogP) is -0.0980. The second-order valence-electron chi connectivity index (χ2n) is 5.06. The molecule has 1 N–H and O–H groups in total. The molecule has 0 spiro atoms. The van der Waals surface area contributed by atoms with Crippen molar-refractivity contribution < 1.29 is 13.2 Å². The average molecular weight is 302 g/mol. The molecule has 20 heavy (non-hydrogen) atoms. The van der Waals surface area contributed by atoms with Gasteiger partial charge in [-0.25, -0.2) is 8.42 Å². The Kier molecular flexibility index (Phi) is 5.14. The number of ether oxygens (including phenoxy) is 1. The van der Waals surface area contributed by atoms with Crippen LogP contribution in [-0.2, 0) is 21.3 Å². The molecule has 0 aliphatic carbocycles. The Balaban J connectivity index is 2.00. The fourth-order valence-electron chi connectivity index (χ4n) is 2.00. The first kappa shape index (κ1) is 15.4. The highest BCUT2D eigenvalue weighted by molar-refractivity contribution is 7.89. The largest absolute Gasteiger partial charge is 0.379 e. The van der Waals surface area contributed by atoms with Crippen molar-refractivity contribution >= 4 is 10.0 Å². The maximum atomic E-state index is 12.4. The van der Waals surface area contributed by atoms with Gasteiger partial charge in [-0.3, -0.25) is 4.68 Å². The zero-order valence-electron chi connectivity index (χ0n) is 11.9. The summed E-state index contributed by atoms with van der Waals surface area (Å²) < 4.78 is 33.0. The van der Waals surface area contributed by atoms with E-state index in [-0.39, 0.29) is 4.90 Å². The summed E-state index contributed by atoms with van der Waals surface area (Å²) in [4.78, 5) is 0.254. The monoisotopic (exact) mass is 302 g/mol. The van der Waals surface area contributed by atoms with Crippen LogP contribution in [-0.4, -0.2) is 61.4 Å². The minimum Gasteiger partial charge on any atom is -0.379 e. The summed E-state index contributed by atoms with van der Waals surface area (Å²) in [5.74, 6) is 0. The molecule has 1 fully saturated rings. The fourth-order valence-corrected chi connectivity index (χ4v) is 3.37. The number of nitrogens with zero attached hydrogens (tertiary/aromatic N) is 3. The summed E-state index contributed by atoms with van der Waals surface area (Å²) in [6.07, 6.45) is 3.01. The zero-order chi connectivity index (χ0) is 14.6. The maximum absolute atomic E-state index is 12.4. The van der Waals surface area contributed by atoms with Crippen molar-refractivity contribution in [1.29, 1.82) is 0 Å². The van der Waals surface area contributed by atoms with Gasteiger partial charge in [0.25, 0.3) is 0 Å². The second-order valence-corrected chi connectivity index (χ2v) is 7.00. The molecule has 2 heterocycles. The molecule has 8 heteroatoms. The molecule has 0 aromatic carbocycles. The van der Waals surface area contributed by atoms with Gasteiger partial charge in [-0.2, -0.15) is 9.40 Å². The minimum absolute atomic E-state index is 0.254. The summed E-state index contributed by atoms with van der Waals surface area (Å²) in [6.45, 7) is 7.25. The lowest BCUT2D eigenvalue weighted by molar-refractivity contribution is 0.0730. The summed E-state index contributed by atoms with van der Waals surface area (Å²) in [5.41, 5.74) is 0. The van der Waals surface area contributed by atoms with Crippen LogP contribution in [0.3, 0.4) is 0 Å². The number of hydrogen-bond acceptors (Lipinski definition) is 5. The molecule has 114 valence electrons. The van der Waals surface area contributed by atoms with E-state index >= 15 is 0 Å². The lowest BCUT2D eigenvalue weighted by Crippen LogP contribution is -2.40. The molecule has 0 amide bonds. The Bertz CT molecular complexity index is 521. The average Bonchev–Trinajstić information content (AvgIpc) is 2.89. The Morgan fingerprint density at radius 2 is 2.10 bits per heavy atom. The van der Waals surface area contributed by atoms with Crippen LogP contribution in [0.4, 0.5) is 0 Å². The van der Waals surface area contributed by atoms with Gasteiger partial charge in [0.2, 0.25) is 10.0 Å². The minimum atomic E-state index is -3.43. The predicted molar refractivity (Wildman–Crippen MR) is 74.9 cm³/mol. The van der Waals surface area contributed by atoms with Crippen molar-refractivity contribution in [3.8, 4) is 0 Å². The van der Waals surface area contributed by atoms with Crippen LogP contribution in [0.1, 0.15) is 13.8 Å². The van der Waals surface area contributed by atoms with Gasteiger partial charge >= 0.3 is 0 Å². The van der Waals surface area contributed by atoms with Gasteiger partial charge in [-0.15, -0.1) is 0 Å². The Morgan fingerprint density at radius 1 is 1.40 bits per heavy atom. The molecule has 7 nitrogen and oxygen atoms in total. The van der Waals surface area contributed by atoms with Crippen LogP contribution in [0, 0.1) is 0 Å². The van der Waals surface area contributed by atoms with E-state index in [1.807, 2.05) is 0 Å². The fraction of sp³-hybridized carbons (Fsp3) is 0.750. The lowest BCUT2D eigenvalue weighted by atomic mass is 10.4. The summed E-state index contributed by atoms with van der Waals surface area (Å²) in [5, 5.41) is 7.38. The summed E-state index contributed by atoms with van der Waals surface area (Å²) in [6, 6.07) is 0.405. The molecule has 0 atom stereocenters. The van der Waals surface area contributed by atoms with Gasteiger partial charge in [-0.05, 0) is 0 Å². The molecule has 0 radical (unpaired) electrons. The third-order valence-electron chi connectivity index (χ3n) is 3.11.